The monoisotopic (exact) mass is 781 g/mol. The van der Waals surface area contributed by atoms with Gasteiger partial charge in [-0.15, -0.1) is 0 Å². The predicted octanol–water partition coefficient (Wildman–Crippen LogP) is 14.3. The van der Waals surface area contributed by atoms with Gasteiger partial charge in [0.05, 0.1) is 0 Å². The van der Waals surface area contributed by atoms with Crippen molar-refractivity contribution in [1.82, 2.24) is 0 Å². The van der Waals surface area contributed by atoms with Gasteiger partial charge in [-0.05, 0) is 95.4 Å². The number of Topliss-reactive ketones (excluding diaryl/α,β-unsaturated/α-hetero) is 3. The van der Waals surface area contributed by atoms with Gasteiger partial charge in [-0.25, -0.2) is 0 Å². The first-order chi connectivity index (χ1) is 26.4. The minimum Gasteiger partial charge on any atom is -0.399 e. The van der Waals surface area contributed by atoms with Crippen molar-refractivity contribution < 1.29 is 19.5 Å². The Kier molecular flexibility index (Phi) is 66.3. The molecule has 0 saturated heterocycles. The molecule has 55 heavy (non-hydrogen) atoms. The van der Waals surface area contributed by atoms with Crippen molar-refractivity contribution in [2.24, 2.45) is 23.5 Å². The molecular weight excluding hydrogens is 681 g/mol. The molecular formula is C49H100N2O4. The lowest BCUT2D eigenvalue weighted by atomic mass is 9.75. The van der Waals surface area contributed by atoms with E-state index in [4.69, 9.17) is 16.6 Å². The van der Waals surface area contributed by atoms with E-state index in [-0.39, 0.29) is 18.3 Å². The Morgan fingerprint density at radius 1 is 0.673 bits per heavy atom. The SMILES string of the molecule is CC.CC.CC(=O)CCc1ccc(N)cc1.CCC.CCC.CCCCC.CCCCC(CCCC(=O)C(CCC)C1CCCCC1)C(C)=O.NCCCO. The summed E-state index contributed by atoms with van der Waals surface area (Å²) in [4.78, 5) is 35.1. The summed E-state index contributed by atoms with van der Waals surface area (Å²) in [6.45, 7) is 29.4. The van der Waals surface area contributed by atoms with Gasteiger partial charge < -0.3 is 21.4 Å². The van der Waals surface area contributed by atoms with E-state index in [0.717, 1.165) is 63.5 Å². The summed E-state index contributed by atoms with van der Waals surface area (Å²) in [5.41, 5.74) is 12.4. The van der Waals surface area contributed by atoms with Crippen LogP contribution in [0.5, 0.6) is 0 Å². The van der Waals surface area contributed by atoms with Gasteiger partial charge in [-0.3, -0.25) is 9.59 Å². The third-order valence-electron chi connectivity index (χ3n) is 8.50. The summed E-state index contributed by atoms with van der Waals surface area (Å²) in [6.07, 6.45) is 23.1. The van der Waals surface area contributed by atoms with Gasteiger partial charge in [0, 0.05) is 37.0 Å². The number of nitrogen functional groups attached to an aromatic ring is 1. The van der Waals surface area contributed by atoms with E-state index in [1.54, 1.807) is 13.8 Å². The number of aliphatic hydroxyl groups is 1. The zero-order chi connectivity index (χ0) is 43.7. The molecule has 0 bridgehead atoms. The number of carbonyl (C=O) groups excluding carboxylic acids is 3. The predicted molar refractivity (Wildman–Crippen MR) is 248 cm³/mol. The van der Waals surface area contributed by atoms with E-state index in [1.165, 1.54) is 69.8 Å². The first kappa shape index (κ1) is 64.8. The minimum absolute atomic E-state index is 0.182. The second-order valence-corrected chi connectivity index (χ2v) is 14.2. The number of hydrogen-bond donors (Lipinski definition) is 3. The van der Waals surface area contributed by atoms with Crippen LogP contribution >= 0.6 is 0 Å². The molecule has 1 aliphatic rings. The van der Waals surface area contributed by atoms with Crippen LogP contribution in [0.4, 0.5) is 5.69 Å². The summed E-state index contributed by atoms with van der Waals surface area (Å²) in [6, 6.07) is 7.63. The maximum absolute atomic E-state index is 12.7. The number of aryl methyl sites for hydroxylation is 1. The molecule has 1 saturated carbocycles. The molecule has 330 valence electrons. The third kappa shape index (κ3) is 51.9. The maximum Gasteiger partial charge on any atom is 0.136 e. The molecule has 0 aliphatic heterocycles. The number of aliphatic hydroxyl groups excluding tert-OH is 1. The lowest BCUT2D eigenvalue weighted by Crippen LogP contribution is -2.26. The number of hydrogen-bond acceptors (Lipinski definition) is 6. The molecule has 2 unspecified atom stereocenters. The Morgan fingerprint density at radius 2 is 1.15 bits per heavy atom. The summed E-state index contributed by atoms with van der Waals surface area (Å²) < 4.78 is 0. The summed E-state index contributed by atoms with van der Waals surface area (Å²) in [5.74, 6) is 2.14. The van der Waals surface area contributed by atoms with Crippen molar-refractivity contribution in [2.45, 2.75) is 232 Å². The van der Waals surface area contributed by atoms with Crippen molar-refractivity contribution in [3.8, 4) is 0 Å². The lowest BCUT2D eigenvalue weighted by molar-refractivity contribution is -0.126. The maximum atomic E-state index is 12.7. The Bertz CT molecular complexity index is 854. The van der Waals surface area contributed by atoms with Gasteiger partial charge in [0.1, 0.15) is 17.3 Å². The van der Waals surface area contributed by atoms with Crippen LogP contribution in [-0.2, 0) is 20.8 Å². The molecule has 0 radical (unpaired) electrons. The summed E-state index contributed by atoms with van der Waals surface area (Å²) in [5, 5.41) is 7.99. The highest BCUT2D eigenvalue weighted by Crippen LogP contribution is 2.34. The van der Waals surface area contributed by atoms with E-state index >= 15 is 0 Å². The molecule has 5 N–H and O–H groups in total. The highest BCUT2D eigenvalue weighted by atomic mass is 16.3. The standard InChI is InChI=1S/C21H38O2.C10H13NO.C5H12.C3H9NO.2C3H8.2C2H6/c1-4-6-12-18(17(3)22)15-10-16-21(23)20(11-5-2)19-13-8-7-9-14-19;1-8(12)2-3-9-4-6-10(11)7-5-9;1-3-5-4-2;4-2-1-3-5;2*1-3-2;2*1-2/h18-20H,4-16H2,1-3H3;4-7H,2-3,11H2,1H3;3-5H2,1-2H3;5H,1-4H2;2*3H2,1-2H3;2*1-2H3. The van der Waals surface area contributed by atoms with Gasteiger partial charge in [-0.2, -0.15) is 0 Å². The van der Waals surface area contributed by atoms with Gasteiger partial charge in [-0.1, -0.05) is 166 Å². The second-order valence-electron chi connectivity index (χ2n) is 14.2. The Labute approximate surface area is 345 Å². The van der Waals surface area contributed by atoms with Crippen LogP contribution in [0.25, 0.3) is 0 Å². The fourth-order valence-electron chi connectivity index (χ4n) is 5.67. The first-order valence-electron chi connectivity index (χ1n) is 23.1. The number of benzene rings is 1. The average Bonchev–Trinajstić information content (AvgIpc) is 3.18. The van der Waals surface area contributed by atoms with Gasteiger partial charge >= 0.3 is 0 Å². The fourth-order valence-corrected chi connectivity index (χ4v) is 5.67. The molecule has 0 amide bonds. The Morgan fingerprint density at radius 3 is 1.49 bits per heavy atom. The highest BCUT2D eigenvalue weighted by Gasteiger charge is 2.28. The van der Waals surface area contributed by atoms with E-state index in [9.17, 15) is 14.4 Å². The molecule has 0 spiro atoms. The zero-order valence-electron chi connectivity index (χ0n) is 39.6. The minimum atomic E-state index is 0.182. The molecule has 1 aliphatic carbocycles. The van der Waals surface area contributed by atoms with E-state index < -0.39 is 0 Å². The van der Waals surface area contributed by atoms with Gasteiger partial charge in [0.25, 0.3) is 0 Å². The van der Waals surface area contributed by atoms with Crippen LogP contribution in [0, 0.1) is 17.8 Å². The Balaban J connectivity index is -0.000000156. The molecule has 0 aromatic heterocycles. The van der Waals surface area contributed by atoms with Crippen molar-refractivity contribution in [2.75, 3.05) is 18.9 Å². The molecule has 2 atom stereocenters. The van der Waals surface area contributed by atoms with Crippen LogP contribution in [0.15, 0.2) is 24.3 Å². The summed E-state index contributed by atoms with van der Waals surface area (Å²) in [7, 11) is 0. The molecule has 0 heterocycles. The van der Waals surface area contributed by atoms with Gasteiger partial charge in [0.2, 0.25) is 0 Å². The van der Waals surface area contributed by atoms with E-state index in [2.05, 4.69) is 55.4 Å². The second kappa shape index (κ2) is 56.3. The topological polar surface area (TPSA) is 123 Å². The van der Waals surface area contributed by atoms with Crippen molar-refractivity contribution in [3.05, 3.63) is 29.8 Å². The van der Waals surface area contributed by atoms with Crippen LogP contribution in [0.2, 0.25) is 0 Å². The normalized spacial score (nSPS) is 12.3. The number of unbranched alkanes of at least 4 members (excludes halogenated alkanes) is 3. The lowest BCUT2D eigenvalue weighted by Gasteiger charge is -2.29. The Hall–Kier alpha value is -2.05. The number of anilines is 1. The third-order valence-corrected chi connectivity index (χ3v) is 8.50. The quantitative estimate of drug-likeness (QED) is 0.120. The van der Waals surface area contributed by atoms with Crippen LogP contribution in [0.1, 0.15) is 231 Å². The highest BCUT2D eigenvalue weighted by molar-refractivity contribution is 5.81. The van der Waals surface area contributed by atoms with Crippen LogP contribution < -0.4 is 11.5 Å². The number of carbonyl (C=O) groups is 3. The van der Waals surface area contributed by atoms with Crippen molar-refractivity contribution in [1.29, 1.82) is 0 Å². The van der Waals surface area contributed by atoms with Crippen molar-refractivity contribution >= 4 is 23.0 Å². The van der Waals surface area contributed by atoms with E-state index in [1.807, 2.05) is 52.0 Å². The molecule has 1 fully saturated rings. The average molecular weight is 781 g/mol. The van der Waals surface area contributed by atoms with E-state index in [0.29, 0.717) is 42.8 Å². The smallest absolute Gasteiger partial charge is 0.136 e. The van der Waals surface area contributed by atoms with Crippen molar-refractivity contribution in [3.63, 3.8) is 0 Å². The molecule has 6 nitrogen and oxygen atoms in total. The zero-order valence-corrected chi connectivity index (χ0v) is 39.6. The number of rotatable bonds is 19. The largest absolute Gasteiger partial charge is 0.399 e. The number of ketones is 3. The summed E-state index contributed by atoms with van der Waals surface area (Å²) >= 11 is 0. The van der Waals surface area contributed by atoms with Crippen LogP contribution in [0.3, 0.4) is 0 Å². The van der Waals surface area contributed by atoms with Crippen LogP contribution in [-0.4, -0.2) is 35.6 Å². The fraction of sp³-hybridized carbons (Fsp3) is 0.816. The first-order valence-corrected chi connectivity index (χ1v) is 23.1. The molecule has 6 heteroatoms. The number of nitrogens with two attached hydrogens (primary N) is 2. The molecule has 1 aromatic rings. The van der Waals surface area contributed by atoms with Gasteiger partial charge in [0.15, 0.2) is 0 Å². The molecule has 1 aromatic carbocycles. The molecule has 2 rings (SSSR count).